The van der Waals surface area contributed by atoms with Crippen molar-refractivity contribution in [2.75, 3.05) is 60.1 Å². The van der Waals surface area contributed by atoms with E-state index >= 15 is 0 Å². The number of carboxylic acid groups (broad SMARTS) is 1. The smallest absolute Gasteiger partial charge is 0.450 e. The standard InChI is InChI=1S/C12H25N.C5H11NO.C2H4O3/c1-3-5-6-9-13-10-7-12(4-2)8-11-13;1-6-2-4-7-5-3-6;1-5-2(3)4/h12H,3-11H2,1-2H3;2-5H2,1H3;1H3,(H,3,4). The van der Waals surface area contributed by atoms with Gasteiger partial charge < -0.3 is 24.4 Å². The Hall–Kier alpha value is -0.850. The first kappa shape index (κ1) is 24.1. The molecule has 0 bridgehead atoms. The molecule has 0 atom stereocenters. The Morgan fingerprint density at radius 2 is 1.68 bits per heavy atom. The largest absolute Gasteiger partial charge is 0.505 e. The van der Waals surface area contributed by atoms with E-state index in [1.54, 1.807) is 0 Å². The molecule has 0 radical (unpaired) electrons. The van der Waals surface area contributed by atoms with Crippen LogP contribution < -0.4 is 0 Å². The summed E-state index contributed by atoms with van der Waals surface area (Å²) in [4.78, 5) is 14.1. The molecule has 2 saturated heterocycles. The van der Waals surface area contributed by atoms with Gasteiger partial charge in [-0.05, 0) is 51.9 Å². The van der Waals surface area contributed by atoms with E-state index < -0.39 is 6.16 Å². The molecule has 0 aromatic heterocycles. The van der Waals surface area contributed by atoms with Crippen LogP contribution in [-0.4, -0.2) is 81.2 Å². The third-order valence-corrected chi connectivity index (χ3v) is 4.77. The predicted octanol–water partition coefficient (Wildman–Crippen LogP) is 3.56. The second-order valence-electron chi connectivity index (χ2n) is 6.79. The summed E-state index contributed by atoms with van der Waals surface area (Å²) >= 11 is 0. The second kappa shape index (κ2) is 16.6. The summed E-state index contributed by atoms with van der Waals surface area (Å²) in [7, 11) is 3.21. The molecule has 2 aliphatic heterocycles. The number of nitrogens with zero attached hydrogens (tertiary/aromatic N) is 2. The number of hydrogen-bond acceptors (Lipinski definition) is 5. The van der Waals surface area contributed by atoms with Crippen LogP contribution in [0.5, 0.6) is 0 Å². The van der Waals surface area contributed by atoms with Gasteiger partial charge in [-0.25, -0.2) is 4.79 Å². The minimum Gasteiger partial charge on any atom is -0.450 e. The number of likely N-dealkylation sites (tertiary alicyclic amines) is 1. The average molecular weight is 361 g/mol. The lowest BCUT2D eigenvalue weighted by Gasteiger charge is -2.31. The molecule has 0 amide bonds. The fourth-order valence-electron chi connectivity index (χ4n) is 2.86. The van der Waals surface area contributed by atoms with Crippen LogP contribution in [0.2, 0.25) is 0 Å². The van der Waals surface area contributed by atoms with E-state index in [0.717, 1.165) is 39.3 Å². The lowest BCUT2D eigenvalue weighted by atomic mass is 9.94. The van der Waals surface area contributed by atoms with E-state index in [2.05, 4.69) is 35.4 Å². The predicted molar refractivity (Wildman–Crippen MR) is 102 cm³/mol. The van der Waals surface area contributed by atoms with Crippen LogP contribution in [0.15, 0.2) is 0 Å². The molecule has 2 fully saturated rings. The number of carbonyl (C=O) groups is 1. The summed E-state index contributed by atoms with van der Waals surface area (Å²) < 4.78 is 8.76. The molecule has 6 nitrogen and oxygen atoms in total. The van der Waals surface area contributed by atoms with Gasteiger partial charge in [0.25, 0.3) is 0 Å². The molecule has 0 aromatic rings. The molecule has 6 heteroatoms. The van der Waals surface area contributed by atoms with Gasteiger partial charge in [-0.2, -0.15) is 0 Å². The maximum atomic E-state index is 9.15. The number of likely N-dealkylation sites (N-methyl/N-ethyl adjacent to an activating group) is 1. The van der Waals surface area contributed by atoms with Gasteiger partial charge in [-0.3, -0.25) is 0 Å². The Morgan fingerprint density at radius 3 is 2.04 bits per heavy atom. The first-order valence-corrected chi connectivity index (χ1v) is 9.78. The highest BCUT2D eigenvalue weighted by Gasteiger charge is 2.16. The van der Waals surface area contributed by atoms with Crippen LogP contribution in [0, 0.1) is 5.92 Å². The molecule has 0 aliphatic carbocycles. The van der Waals surface area contributed by atoms with Crippen molar-refractivity contribution < 1.29 is 19.4 Å². The zero-order valence-corrected chi connectivity index (χ0v) is 16.8. The van der Waals surface area contributed by atoms with Crippen molar-refractivity contribution in [3.05, 3.63) is 0 Å². The summed E-state index contributed by atoms with van der Waals surface area (Å²) in [5.74, 6) is 1.03. The second-order valence-corrected chi connectivity index (χ2v) is 6.79. The maximum Gasteiger partial charge on any atom is 0.505 e. The highest BCUT2D eigenvalue weighted by molar-refractivity contribution is 5.56. The molecule has 0 spiro atoms. The van der Waals surface area contributed by atoms with Gasteiger partial charge in [-0.1, -0.05) is 33.1 Å². The first-order valence-electron chi connectivity index (χ1n) is 9.78. The first-order chi connectivity index (χ1) is 12.0. The fourth-order valence-corrected chi connectivity index (χ4v) is 2.86. The summed E-state index contributed by atoms with van der Waals surface area (Å²) in [5.41, 5.74) is 0. The van der Waals surface area contributed by atoms with Crippen LogP contribution in [0.3, 0.4) is 0 Å². The molecule has 2 heterocycles. The van der Waals surface area contributed by atoms with Gasteiger partial charge >= 0.3 is 6.16 Å². The lowest BCUT2D eigenvalue weighted by molar-refractivity contribution is 0.0503. The van der Waals surface area contributed by atoms with Crippen molar-refractivity contribution in [1.29, 1.82) is 0 Å². The molecule has 150 valence electrons. The van der Waals surface area contributed by atoms with Crippen LogP contribution in [-0.2, 0) is 9.47 Å². The summed E-state index contributed by atoms with van der Waals surface area (Å²) in [5, 5.41) is 7.50. The van der Waals surface area contributed by atoms with Gasteiger partial charge in [0.15, 0.2) is 0 Å². The van der Waals surface area contributed by atoms with Crippen molar-refractivity contribution in [2.24, 2.45) is 5.92 Å². The Balaban J connectivity index is 0.000000401. The third-order valence-electron chi connectivity index (χ3n) is 4.77. The number of ether oxygens (including phenoxy) is 2. The summed E-state index contributed by atoms with van der Waals surface area (Å²) in [6, 6.07) is 0. The number of piperidine rings is 1. The number of unbranched alkanes of at least 4 members (excludes halogenated alkanes) is 2. The Kier molecular flexibility index (Phi) is 16.0. The van der Waals surface area contributed by atoms with Crippen molar-refractivity contribution in [3.8, 4) is 0 Å². The quantitative estimate of drug-likeness (QED) is 0.597. The monoisotopic (exact) mass is 360 g/mol. The van der Waals surface area contributed by atoms with Crippen LogP contribution in [0.1, 0.15) is 52.4 Å². The molecule has 2 rings (SSSR count). The lowest BCUT2D eigenvalue weighted by Crippen LogP contribution is -2.34. The maximum absolute atomic E-state index is 9.15. The van der Waals surface area contributed by atoms with Crippen molar-refractivity contribution in [1.82, 2.24) is 9.80 Å². The molecule has 0 saturated carbocycles. The molecule has 2 aliphatic rings. The van der Waals surface area contributed by atoms with Gasteiger partial charge in [0.2, 0.25) is 0 Å². The summed E-state index contributed by atoms with van der Waals surface area (Å²) in [6.45, 7) is 12.7. The fraction of sp³-hybridized carbons (Fsp3) is 0.947. The molecular formula is C19H40N2O4. The Morgan fingerprint density at radius 1 is 1.12 bits per heavy atom. The number of morpholine rings is 1. The van der Waals surface area contributed by atoms with Crippen LogP contribution in [0.25, 0.3) is 0 Å². The zero-order valence-electron chi connectivity index (χ0n) is 16.8. The van der Waals surface area contributed by atoms with E-state index in [9.17, 15) is 0 Å². The molecule has 1 N–H and O–H groups in total. The van der Waals surface area contributed by atoms with Crippen molar-refractivity contribution >= 4 is 6.16 Å². The number of rotatable bonds is 5. The minimum absolute atomic E-state index is 0.913. The molecule has 0 unspecified atom stereocenters. The van der Waals surface area contributed by atoms with E-state index in [0.29, 0.717) is 0 Å². The minimum atomic E-state index is -1.25. The van der Waals surface area contributed by atoms with Gasteiger partial charge in [0, 0.05) is 13.1 Å². The van der Waals surface area contributed by atoms with E-state index in [1.807, 2.05) is 0 Å². The number of methoxy groups -OCH3 is 1. The van der Waals surface area contributed by atoms with E-state index in [-0.39, 0.29) is 0 Å². The SMILES string of the molecule is CCCCCN1CCC(CC)CC1.CN1CCOCC1.COC(=O)O. The van der Waals surface area contributed by atoms with Gasteiger partial charge in [-0.15, -0.1) is 0 Å². The van der Waals surface area contributed by atoms with Crippen LogP contribution in [0.4, 0.5) is 4.79 Å². The molecular weight excluding hydrogens is 320 g/mol. The van der Waals surface area contributed by atoms with Crippen LogP contribution >= 0.6 is 0 Å². The molecule has 0 aromatic carbocycles. The van der Waals surface area contributed by atoms with E-state index in [4.69, 9.17) is 14.6 Å². The topological polar surface area (TPSA) is 62.2 Å². The molecule has 25 heavy (non-hydrogen) atoms. The van der Waals surface area contributed by atoms with E-state index in [1.165, 1.54) is 58.2 Å². The van der Waals surface area contributed by atoms with Crippen molar-refractivity contribution in [3.63, 3.8) is 0 Å². The summed E-state index contributed by atoms with van der Waals surface area (Å²) in [6.07, 6.45) is 7.21. The Bertz CT molecular complexity index is 299. The Labute approximate surface area is 154 Å². The number of hydrogen-bond donors (Lipinski definition) is 1. The highest BCUT2D eigenvalue weighted by Crippen LogP contribution is 2.19. The average Bonchev–Trinajstić information content (AvgIpc) is 2.64. The van der Waals surface area contributed by atoms with Gasteiger partial charge in [0.1, 0.15) is 0 Å². The zero-order chi connectivity index (χ0) is 18.9. The third kappa shape index (κ3) is 15.1. The van der Waals surface area contributed by atoms with Crippen molar-refractivity contribution in [2.45, 2.75) is 52.4 Å². The van der Waals surface area contributed by atoms with Gasteiger partial charge in [0.05, 0.1) is 20.3 Å². The highest BCUT2D eigenvalue weighted by atomic mass is 16.6. The normalized spacial score (nSPS) is 19.2.